The predicted octanol–water partition coefficient (Wildman–Crippen LogP) is 3.10. The minimum atomic E-state index is -5.40. The molecule has 0 saturated heterocycles. The van der Waals surface area contributed by atoms with E-state index in [1.807, 2.05) is 0 Å². The molecule has 0 heterocycles. The van der Waals surface area contributed by atoms with Crippen LogP contribution in [0.3, 0.4) is 0 Å². The molecule has 0 aromatic rings. The van der Waals surface area contributed by atoms with Gasteiger partial charge in [0.1, 0.15) is 0 Å². The maximum Gasteiger partial charge on any atom is 0.375 e. The van der Waals surface area contributed by atoms with Crippen LogP contribution < -0.4 is 0 Å². The Labute approximate surface area is 64.9 Å². The van der Waals surface area contributed by atoms with E-state index in [-0.39, 0.29) is 6.92 Å². The molecule has 0 aliphatic rings. The number of alkyl halides is 6. The molecule has 0 spiro atoms. The lowest BCUT2D eigenvalue weighted by molar-refractivity contribution is -0.284. The number of hydrogen-bond donors (Lipinski definition) is 0. The molecule has 0 aromatic heterocycles. The Hall–Kier alpha value is -0.680. The third-order valence-corrected chi connectivity index (χ3v) is 1.23. The molecule has 0 radical (unpaired) electrons. The van der Waals surface area contributed by atoms with Crippen molar-refractivity contribution in [3.8, 4) is 0 Å². The number of hydrogen-bond acceptors (Lipinski definition) is 0. The van der Waals surface area contributed by atoms with Gasteiger partial charge in [-0.1, -0.05) is 6.58 Å². The van der Waals surface area contributed by atoms with Crippen molar-refractivity contribution in [1.82, 2.24) is 0 Å². The molecule has 0 aliphatic heterocycles. The van der Waals surface area contributed by atoms with Gasteiger partial charge in [0.25, 0.3) is 0 Å². The first-order chi connectivity index (χ1) is 5.06. The van der Waals surface area contributed by atoms with Crippen molar-refractivity contribution in [3.63, 3.8) is 0 Å². The van der Waals surface area contributed by atoms with Gasteiger partial charge in [0.15, 0.2) is 0 Å². The SMILES string of the molecule is C=CC(F)(F)C(F)(F)C(C)(F)F. The summed E-state index contributed by atoms with van der Waals surface area (Å²) in [5.74, 6) is -15.1. The van der Waals surface area contributed by atoms with Crippen molar-refractivity contribution in [2.24, 2.45) is 0 Å². The zero-order chi connectivity index (χ0) is 10.2. The van der Waals surface area contributed by atoms with Gasteiger partial charge in [-0.2, -0.15) is 26.3 Å². The molecule has 0 aliphatic carbocycles. The fraction of sp³-hybridized carbons (Fsp3) is 0.667. The summed E-state index contributed by atoms with van der Waals surface area (Å²) < 4.78 is 72.2. The minimum absolute atomic E-state index is 0.273. The molecule has 0 rings (SSSR count). The Balaban J connectivity index is 4.97. The van der Waals surface area contributed by atoms with E-state index in [2.05, 4.69) is 6.58 Å². The third-order valence-electron chi connectivity index (χ3n) is 1.23. The van der Waals surface area contributed by atoms with Crippen LogP contribution in [0.15, 0.2) is 12.7 Å². The summed E-state index contributed by atoms with van der Waals surface area (Å²) in [4.78, 5) is 0. The molecule has 0 nitrogen and oxygen atoms in total. The molecular weight excluding hydrogens is 186 g/mol. The monoisotopic (exact) mass is 192 g/mol. The van der Waals surface area contributed by atoms with Gasteiger partial charge in [0, 0.05) is 6.92 Å². The Morgan fingerprint density at radius 2 is 1.33 bits per heavy atom. The molecule has 12 heavy (non-hydrogen) atoms. The van der Waals surface area contributed by atoms with E-state index in [4.69, 9.17) is 0 Å². The molecule has 0 fully saturated rings. The van der Waals surface area contributed by atoms with Crippen LogP contribution in [0.5, 0.6) is 0 Å². The highest BCUT2D eigenvalue weighted by atomic mass is 19.3. The molecular formula is C6H6F6. The first-order valence-corrected chi connectivity index (χ1v) is 2.83. The van der Waals surface area contributed by atoms with E-state index in [1.165, 1.54) is 0 Å². The molecule has 72 valence electrons. The molecule has 0 amide bonds. The highest BCUT2D eigenvalue weighted by molar-refractivity contribution is 5.03. The maximum atomic E-state index is 12.1. The van der Waals surface area contributed by atoms with Crippen LogP contribution in [0.4, 0.5) is 26.3 Å². The molecule has 0 bridgehead atoms. The van der Waals surface area contributed by atoms with Gasteiger partial charge in [0.05, 0.1) is 0 Å². The standard InChI is InChI=1S/C6H6F6/c1-3-5(9,10)6(11,12)4(2,7)8/h3H,1H2,2H3. The van der Waals surface area contributed by atoms with Crippen LogP contribution in [0.2, 0.25) is 0 Å². The summed E-state index contributed by atoms with van der Waals surface area (Å²) in [6.07, 6.45) is -0.496. The van der Waals surface area contributed by atoms with Crippen molar-refractivity contribution in [1.29, 1.82) is 0 Å². The quantitative estimate of drug-likeness (QED) is 0.476. The fourth-order valence-corrected chi connectivity index (χ4v) is 0.421. The van der Waals surface area contributed by atoms with E-state index in [0.717, 1.165) is 0 Å². The predicted molar refractivity (Wildman–Crippen MR) is 30.7 cm³/mol. The van der Waals surface area contributed by atoms with Crippen LogP contribution in [-0.2, 0) is 0 Å². The molecule has 0 atom stereocenters. The van der Waals surface area contributed by atoms with Gasteiger partial charge in [-0.25, -0.2) is 0 Å². The van der Waals surface area contributed by atoms with Crippen LogP contribution in [0.25, 0.3) is 0 Å². The minimum Gasteiger partial charge on any atom is -0.200 e. The fourth-order valence-electron chi connectivity index (χ4n) is 0.421. The molecule has 0 N–H and O–H groups in total. The lowest BCUT2D eigenvalue weighted by Gasteiger charge is -2.28. The average molecular weight is 192 g/mol. The summed E-state index contributed by atoms with van der Waals surface area (Å²) in [5, 5.41) is 0. The summed E-state index contributed by atoms with van der Waals surface area (Å²) in [5.41, 5.74) is 0. The van der Waals surface area contributed by atoms with Crippen molar-refractivity contribution in [2.75, 3.05) is 0 Å². The second kappa shape index (κ2) is 2.67. The van der Waals surface area contributed by atoms with Crippen molar-refractivity contribution in [2.45, 2.75) is 24.7 Å². The van der Waals surface area contributed by atoms with Crippen molar-refractivity contribution < 1.29 is 26.3 Å². The Morgan fingerprint density at radius 3 is 1.42 bits per heavy atom. The third kappa shape index (κ3) is 1.56. The summed E-state index contributed by atoms with van der Waals surface area (Å²) in [7, 11) is 0. The number of allylic oxidation sites excluding steroid dienone is 1. The second-order valence-electron chi connectivity index (χ2n) is 2.29. The van der Waals surface area contributed by atoms with Crippen LogP contribution in [-0.4, -0.2) is 17.8 Å². The topological polar surface area (TPSA) is 0 Å². The van der Waals surface area contributed by atoms with E-state index in [0.29, 0.717) is 0 Å². The summed E-state index contributed by atoms with van der Waals surface area (Å²) in [6, 6.07) is 0. The molecule has 6 heteroatoms. The van der Waals surface area contributed by atoms with Gasteiger partial charge >= 0.3 is 17.8 Å². The van der Waals surface area contributed by atoms with Crippen LogP contribution in [0, 0.1) is 0 Å². The van der Waals surface area contributed by atoms with E-state index >= 15 is 0 Å². The largest absolute Gasteiger partial charge is 0.375 e. The van der Waals surface area contributed by atoms with Crippen molar-refractivity contribution in [3.05, 3.63) is 12.7 Å². The smallest absolute Gasteiger partial charge is 0.200 e. The van der Waals surface area contributed by atoms with Gasteiger partial charge in [-0.3, -0.25) is 0 Å². The first-order valence-electron chi connectivity index (χ1n) is 2.83. The Kier molecular flexibility index (Phi) is 2.52. The molecule has 0 unspecified atom stereocenters. The molecule has 0 aromatic carbocycles. The van der Waals surface area contributed by atoms with Gasteiger partial charge in [-0.05, 0) is 6.08 Å². The normalized spacial score (nSPS) is 14.6. The lowest BCUT2D eigenvalue weighted by atomic mass is 10.1. The van der Waals surface area contributed by atoms with E-state index in [1.54, 1.807) is 0 Å². The van der Waals surface area contributed by atoms with Crippen LogP contribution in [0.1, 0.15) is 6.92 Å². The zero-order valence-corrected chi connectivity index (χ0v) is 6.05. The van der Waals surface area contributed by atoms with Gasteiger partial charge < -0.3 is 0 Å². The van der Waals surface area contributed by atoms with Crippen LogP contribution >= 0.6 is 0 Å². The summed E-state index contributed by atoms with van der Waals surface area (Å²) >= 11 is 0. The van der Waals surface area contributed by atoms with Gasteiger partial charge in [0.2, 0.25) is 0 Å². The lowest BCUT2D eigenvalue weighted by Crippen LogP contribution is -2.51. The zero-order valence-electron chi connectivity index (χ0n) is 6.05. The average Bonchev–Trinajstić information content (AvgIpc) is 1.85. The molecule has 0 saturated carbocycles. The maximum absolute atomic E-state index is 12.1. The number of halogens is 6. The second-order valence-corrected chi connectivity index (χ2v) is 2.29. The highest BCUT2D eigenvalue weighted by Gasteiger charge is 2.67. The number of rotatable bonds is 3. The Morgan fingerprint density at radius 1 is 1.00 bits per heavy atom. The van der Waals surface area contributed by atoms with E-state index in [9.17, 15) is 26.3 Å². The Bertz CT molecular complexity index is 177. The first kappa shape index (κ1) is 11.3. The van der Waals surface area contributed by atoms with Gasteiger partial charge in [-0.15, -0.1) is 0 Å². The van der Waals surface area contributed by atoms with E-state index < -0.39 is 23.8 Å². The summed E-state index contributed by atoms with van der Waals surface area (Å²) in [6.45, 7) is 2.08. The van der Waals surface area contributed by atoms with Crippen molar-refractivity contribution >= 4 is 0 Å². The highest BCUT2D eigenvalue weighted by Crippen LogP contribution is 2.45.